The molecule has 1 fully saturated rings. The van der Waals surface area contributed by atoms with E-state index in [0.717, 1.165) is 42.5 Å². The number of carbonyl (C=O) groups excluding carboxylic acids is 2. The molecular formula is C21H23N5O2. The number of nitrogens with one attached hydrogen (secondary N) is 4. The van der Waals surface area contributed by atoms with Crippen LogP contribution in [0.4, 0.5) is 10.5 Å². The van der Waals surface area contributed by atoms with Crippen molar-refractivity contribution in [3.05, 3.63) is 59.9 Å². The fourth-order valence-electron chi connectivity index (χ4n) is 2.97. The molecule has 4 N–H and O–H groups in total. The highest BCUT2D eigenvalue weighted by atomic mass is 16.2. The molecule has 1 aromatic heterocycles. The number of imidazole rings is 1. The molecule has 7 heteroatoms. The predicted molar refractivity (Wildman–Crippen MR) is 108 cm³/mol. The second-order valence-corrected chi connectivity index (χ2v) is 7.01. The lowest BCUT2D eigenvalue weighted by atomic mass is 10.2. The third-order valence-corrected chi connectivity index (χ3v) is 4.63. The minimum atomic E-state index is -0.203. The first-order valence-corrected chi connectivity index (χ1v) is 9.57. The van der Waals surface area contributed by atoms with Gasteiger partial charge in [-0.1, -0.05) is 12.1 Å². The number of aryl methyl sites for hydroxylation is 1. The molecule has 0 unspecified atom stereocenters. The molecule has 3 amide bonds. The fraction of sp³-hybridized carbons (Fsp3) is 0.286. The number of H-pyrrole nitrogens is 1. The van der Waals surface area contributed by atoms with Crippen molar-refractivity contribution in [2.75, 3.05) is 11.9 Å². The van der Waals surface area contributed by atoms with Gasteiger partial charge in [0.05, 0.1) is 11.0 Å². The number of hydrogen-bond acceptors (Lipinski definition) is 3. The van der Waals surface area contributed by atoms with Crippen LogP contribution in [-0.4, -0.2) is 34.5 Å². The van der Waals surface area contributed by atoms with Gasteiger partial charge >= 0.3 is 6.03 Å². The first-order chi connectivity index (χ1) is 13.7. The molecule has 0 bridgehead atoms. The van der Waals surface area contributed by atoms with Crippen molar-refractivity contribution in [1.82, 2.24) is 20.6 Å². The SMILES string of the molecule is O=C(Nc1ccc(C(=O)NCCCc2nc3ccccc3[nH]2)cc1)NC1CC1. The van der Waals surface area contributed by atoms with Crippen LogP contribution in [-0.2, 0) is 6.42 Å². The Kier molecular flexibility index (Phi) is 5.23. The maximum atomic E-state index is 12.2. The molecule has 1 heterocycles. The Morgan fingerprint density at radius 3 is 2.61 bits per heavy atom. The number of aromatic amines is 1. The second-order valence-electron chi connectivity index (χ2n) is 7.01. The van der Waals surface area contributed by atoms with Crippen molar-refractivity contribution >= 4 is 28.7 Å². The lowest BCUT2D eigenvalue weighted by Crippen LogP contribution is -2.30. The summed E-state index contributed by atoms with van der Waals surface area (Å²) in [6.07, 6.45) is 3.66. The van der Waals surface area contributed by atoms with Crippen LogP contribution >= 0.6 is 0 Å². The number of benzene rings is 2. The summed E-state index contributed by atoms with van der Waals surface area (Å²) in [7, 11) is 0. The highest BCUT2D eigenvalue weighted by Gasteiger charge is 2.23. The van der Waals surface area contributed by atoms with Gasteiger partial charge in [-0.2, -0.15) is 0 Å². The van der Waals surface area contributed by atoms with Crippen molar-refractivity contribution in [3.8, 4) is 0 Å². The van der Waals surface area contributed by atoms with Crippen molar-refractivity contribution in [3.63, 3.8) is 0 Å². The molecule has 1 aliphatic rings. The van der Waals surface area contributed by atoms with E-state index in [1.54, 1.807) is 24.3 Å². The van der Waals surface area contributed by atoms with Gasteiger partial charge in [-0.05, 0) is 55.7 Å². The number of carbonyl (C=O) groups is 2. The van der Waals surface area contributed by atoms with Gasteiger partial charge in [-0.15, -0.1) is 0 Å². The Morgan fingerprint density at radius 1 is 1.07 bits per heavy atom. The molecule has 0 radical (unpaired) electrons. The molecule has 3 aromatic rings. The number of fused-ring (bicyclic) bond motifs is 1. The fourth-order valence-corrected chi connectivity index (χ4v) is 2.97. The largest absolute Gasteiger partial charge is 0.352 e. The highest BCUT2D eigenvalue weighted by Crippen LogP contribution is 2.19. The average molecular weight is 377 g/mol. The summed E-state index contributed by atoms with van der Waals surface area (Å²) in [6.45, 7) is 0.569. The number of urea groups is 1. The Balaban J connectivity index is 1.21. The van der Waals surface area contributed by atoms with Crippen molar-refractivity contribution < 1.29 is 9.59 Å². The minimum Gasteiger partial charge on any atom is -0.352 e. The monoisotopic (exact) mass is 377 g/mol. The van der Waals surface area contributed by atoms with Gasteiger partial charge in [0.25, 0.3) is 5.91 Å². The van der Waals surface area contributed by atoms with Crippen LogP contribution in [0.15, 0.2) is 48.5 Å². The summed E-state index contributed by atoms with van der Waals surface area (Å²) >= 11 is 0. The molecule has 7 nitrogen and oxygen atoms in total. The summed E-state index contributed by atoms with van der Waals surface area (Å²) in [4.78, 5) is 31.8. The Hall–Kier alpha value is -3.35. The van der Waals surface area contributed by atoms with E-state index in [1.165, 1.54) is 0 Å². The standard InChI is InChI=1S/C21H23N5O2/c27-20(14-7-9-15(10-8-14)23-21(28)24-16-11-12-16)22-13-3-6-19-25-17-4-1-2-5-18(17)26-19/h1-2,4-5,7-10,16H,3,6,11-13H2,(H,22,27)(H,25,26)(H2,23,24,28). The van der Waals surface area contributed by atoms with Gasteiger partial charge in [-0.3, -0.25) is 4.79 Å². The molecule has 0 atom stereocenters. The van der Waals surface area contributed by atoms with Crippen molar-refractivity contribution in [1.29, 1.82) is 0 Å². The highest BCUT2D eigenvalue weighted by molar-refractivity contribution is 5.95. The third-order valence-electron chi connectivity index (χ3n) is 4.63. The smallest absolute Gasteiger partial charge is 0.319 e. The molecule has 1 saturated carbocycles. The summed E-state index contributed by atoms with van der Waals surface area (Å²) in [5, 5.41) is 8.54. The zero-order valence-electron chi connectivity index (χ0n) is 15.5. The van der Waals surface area contributed by atoms with E-state index in [2.05, 4.69) is 25.9 Å². The summed E-state index contributed by atoms with van der Waals surface area (Å²) < 4.78 is 0. The summed E-state index contributed by atoms with van der Waals surface area (Å²) in [6, 6.07) is 14.9. The van der Waals surface area contributed by atoms with Gasteiger partial charge in [0.2, 0.25) is 0 Å². The Bertz CT molecular complexity index is 943. The first kappa shape index (κ1) is 18.0. The normalized spacial score (nSPS) is 13.3. The lowest BCUT2D eigenvalue weighted by Gasteiger charge is -2.08. The van der Waals surface area contributed by atoms with Crippen molar-refractivity contribution in [2.45, 2.75) is 31.7 Å². The van der Waals surface area contributed by atoms with Crippen LogP contribution in [0.25, 0.3) is 11.0 Å². The first-order valence-electron chi connectivity index (χ1n) is 9.57. The topological polar surface area (TPSA) is 98.9 Å². The second kappa shape index (κ2) is 8.12. The molecule has 4 rings (SSSR count). The van der Waals surface area contributed by atoms with Crippen LogP contribution in [0.5, 0.6) is 0 Å². The molecule has 0 saturated heterocycles. The van der Waals surface area contributed by atoms with Crippen LogP contribution in [0.3, 0.4) is 0 Å². The number of aromatic nitrogens is 2. The van der Waals surface area contributed by atoms with Gasteiger partial charge in [0.1, 0.15) is 5.82 Å². The summed E-state index contributed by atoms with van der Waals surface area (Å²) in [5.74, 6) is 0.800. The van der Waals surface area contributed by atoms with E-state index in [1.807, 2.05) is 24.3 Å². The van der Waals surface area contributed by atoms with E-state index < -0.39 is 0 Å². The molecule has 1 aliphatic carbocycles. The van der Waals surface area contributed by atoms with Crippen LogP contribution < -0.4 is 16.0 Å². The quantitative estimate of drug-likeness (QED) is 0.476. The maximum absolute atomic E-state index is 12.2. The van der Waals surface area contributed by atoms with Gasteiger partial charge < -0.3 is 20.9 Å². The Labute approximate surface area is 162 Å². The lowest BCUT2D eigenvalue weighted by molar-refractivity contribution is 0.0953. The van der Waals surface area contributed by atoms with E-state index >= 15 is 0 Å². The third kappa shape index (κ3) is 4.68. The number of anilines is 1. The molecule has 28 heavy (non-hydrogen) atoms. The predicted octanol–water partition coefficient (Wildman–Crippen LogP) is 3.21. The number of amides is 3. The van der Waals surface area contributed by atoms with E-state index in [-0.39, 0.29) is 11.9 Å². The van der Waals surface area contributed by atoms with Crippen LogP contribution in [0.1, 0.15) is 35.4 Å². The van der Waals surface area contributed by atoms with E-state index in [0.29, 0.717) is 23.8 Å². The van der Waals surface area contributed by atoms with Gasteiger partial charge in [0.15, 0.2) is 0 Å². The van der Waals surface area contributed by atoms with Gasteiger partial charge in [0, 0.05) is 30.3 Å². The maximum Gasteiger partial charge on any atom is 0.319 e. The Morgan fingerprint density at radius 2 is 1.86 bits per heavy atom. The van der Waals surface area contributed by atoms with Gasteiger partial charge in [-0.25, -0.2) is 9.78 Å². The number of nitrogens with zero attached hydrogens (tertiary/aromatic N) is 1. The molecule has 0 spiro atoms. The van der Waals surface area contributed by atoms with Crippen LogP contribution in [0, 0.1) is 0 Å². The number of rotatable bonds is 7. The van der Waals surface area contributed by atoms with E-state index in [9.17, 15) is 9.59 Å². The molecule has 144 valence electrons. The molecule has 2 aromatic carbocycles. The minimum absolute atomic E-state index is 0.126. The summed E-state index contributed by atoms with van der Waals surface area (Å²) in [5.41, 5.74) is 3.22. The molecule has 0 aliphatic heterocycles. The van der Waals surface area contributed by atoms with E-state index in [4.69, 9.17) is 0 Å². The van der Waals surface area contributed by atoms with Crippen molar-refractivity contribution in [2.24, 2.45) is 0 Å². The zero-order chi connectivity index (χ0) is 19.3. The molecular weight excluding hydrogens is 354 g/mol. The average Bonchev–Trinajstić information content (AvgIpc) is 3.41. The number of para-hydroxylation sites is 2. The zero-order valence-corrected chi connectivity index (χ0v) is 15.5. The van der Waals surface area contributed by atoms with Crippen LogP contribution in [0.2, 0.25) is 0 Å². The number of hydrogen-bond donors (Lipinski definition) is 4.